The average Bonchev–Trinajstić information content (AvgIpc) is 2.28. The van der Waals surface area contributed by atoms with Gasteiger partial charge in [-0.2, -0.15) is 0 Å². The molecule has 0 radical (unpaired) electrons. The summed E-state index contributed by atoms with van der Waals surface area (Å²) in [5, 5.41) is 10.5. The largest absolute Gasteiger partial charge is 0.382 e. The Hall–Kier alpha value is -0.860. The predicted molar refractivity (Wildman–Crippen MR) is 63.8 cm³/mol. The van der Waals surface area contributed by atoms with Crippen LogP contribution in [0.2, 0.25) is 0 Å². The summed E-state index contributed by atoms with van der Waals surface area (Å²) >= 11 is 0. The van der Waals surface area contributed by atoms with Crippen LogP contribution in [0.15, 0.2) is 24.3 Å². The Bertz CT molecular complexity index is 403. The number of hydrogen-bond acceptors (Lipinski definition) is 1. The van der Waals surface area contributed by atoms with E-state index in [0.717, 1.165) is 11.0 Å². The van der Waals surface area contributed by atoms with E-state index in [1.807, 2.05) is 6.07 Å². The van der Waals surface area contributed by atoms with Gasteiger partial charge in [-0.25, -0.2) is 0 Å². The third-order valence-corrected chi connectivity index (χ3v) is 4.49. The zero-order valence-electron chi connectivity index (χ0n) is 9.89. The minimum atomic E-state index is -0.254. The number of hydrogen-bond donors (Lipinski definition) is 1. The highest BCUT2D eigenvalue weighted by molar-refractivity contribution is 5.30. The first-order valence-electron chi connectivity index (χ1n) is 6.31. The Morgan fingerprint density at radius 2 is 2.06 bits per heavy atom. The molecule has 1 aromatic carbocycles. The van der Waals surface area contributed by atoms with E-state index in [1.165, 1.54) is 36.9 Å². The normalized spacial score (nSPS) is 37.6. The molecule has 0 aromatic heterocycles. The maximum atomic E-state index is 10.5. The standard InChI is InChI=1S/C14H20NO/c1-15-9-5-4-8-13(15)14(16)12-7-3-2-6-11(12)10-15/h2-3,6-7,13-14,16H,4-5,8-10H2,1H3/q+1/t13-,14-,15-/m0/s1. The van der Waals surface area contributed by atoms with Gasteiger partial charge in [-0.3, -0.25) is 0 Å². The SMILES string of the molecule is C[N@@+]12CCCC[C@H]1[C@@H](O)c1ccccc1C2. The lowest BCUT2D eigenvalue weighted by atomic mass is 9.84. The summed E-state index contributed by atoms with van der Waals surface area (Å²) in [6.07, 6.45) is 3.50. The third kappa shape index (κ3) is 1.40. The van der Waals surface area contributed by atoms with E-state index in [1.54, 1.807) is 0 Å². The van der Waals surface area contributed by atoms with Crippen LogP contribution in [0, 0.1) is 0 Å². The van der Waals surface area contributed by atoms with E-state index in [-0.39, 0.29) is 6.10 Å². The summed E-state index contributed by atoms with van der Waals surface area (Å²) in [5.74, 6) is 0. The van der Waals surface area contributed by atoms with E-state index >= 15 is 0 Å². The van der Waals surface area contributed by atoms with Crippen LogP contribution in [0.4, 0.5) is 0 Å². The molecule has 2 nitrogen and oxygen atoms in total. The van der Waals surface area contributed by atoms with Crippen molar-refractivity contribution in [3.05, 3.63) is 35.4 Å². The van der Waals surface area contributed by atoms with Crippen molar-refractivity contribution in [1.29, 1.82) is 0 Å². The third-order valence-electron chi connectivity index (χ3n) is 4.49. The molecule has 16 heavy (non-hydrogen) atoms. The summed E-state index contributed by atoms with van der Waals surface area (Å²) in [6, 6.07) is 8.82. The Balaban J connectivity index is 2.05. The second kappa shape index (κ2) is 3.57. The molecule has 1 N–H and O–H groups in total. The van der Waals surface area contributed by atoms with Crippen molar-refractivity contribution in [3.63, 3.8) is 0 Å². The number of likely N-dealkylation sites (N-methyl/N-ethyl adjacent to an activating group) is 1. The fraction of sp³-hybridized carbons (Fsp3) is 0.571. The van der Waals surface area contributed by atoms with Gasteiger partial charge in [0.15, 0.2) is 0 Å². The lowest BCUT2D eigenvalue weighted by molar-refractivity contribution is -0.957. The number of fused-ring (bicyclic) bond motifs is 2. The predicted octanol–water partition coefficient (Wildman–Crippen LogP) is 2.23. The zero-order chi connectivity index (χ0) is 11.2. The summed E-state index contributed by atoms with van der Waals surface area (Å²) in [4.78, 5) is 0. The molecule has 3 atom stereocenters. The molecule has 0 saturated carbocycles. The average molecular weight is 218 g/mol. The van der Waals surface area contributed by atoms with Gasteiger partial charge in [0.25, 0.3) is 0 Å². The molecule has 0 unspecified atom stereocenters. The van der Waals surface area contributed by atoms with Crippen molar-refractivity contribution < 1.29 is 9.59 Å². The van der Waals surface area contributed by atoms with Crippen LogP contribution in [0.5, 0.6) is 0 Å². The minimum absolute atomic E-state index is 0.254. The van der Waals surface area contributed by atoms with E-state index in [2.05, 4.69) is 25.2 Å². The van der Waals surface area contributed by atoms with Gasteiger partial charge in [0.05, 0.1) is 13.6 Å². The zero-order valence-corrected chi connectivity index (χ0v) is 9.89. The maximum Gasteiger partial charge on any atom is 0.131 e. The number of aliphatic hydroxyl groups excluding tert-OH is 1. The van der Waals surface area contributed by atoms with Crippen LogP contribution in [0.25, 0.3) is 0 Å². The summed E-state index contributed by atoms with van der Waals surface area (Å²) in [7, 11) is 2.31. The van der Waals surface area contributed by atoms with Crippen molar-refractivity contribution in [1.82, 2.24) is 0 Å². The lowest BCUT2D eigenvalue weighted by Crippen LogP contribution is -2.59. The molecular formula is C14H20NO+. The van der Waals surface area contributed by atoms with Gasteiger partial charge in [-0.05, 0) is 18.4 Å². The van der Waals surface area contributed by atoms with Crippen LogP contribution in [0.3, 0.4) is 0 Å². The fourth-order valence-corrected chi connectivity index (χ4v) is 3.56. The van der Waals surface area contributed by atoms with Gasteiger partial charge in [-0.1, -0.05) is 24.3 Å². The molecule has 0 spiro atoms. The number of piperidine rings is 1. The number of quaternary nitrogens is 1. The molecule has 2 heteroatoms. The Labute approximate surface area is 97.1 Å². The second-order valence-electron chi connectivity index (χ2n) is 5.57. The molecule has 0 bridgehead atoms. The Morgan fingerprint density at radius 3 is 2.94 bits per heavy atom. The van der Waals surface area contributed by atoms with E-state index in [0.29, 0.717) is 6.04 Å². The molecule has 86 valence electrons. The van der Waals surface area contributed by atoms with Crippen molar-refractivity contribution in [2.24, 2.45) is 0 Å². The smallest absolute Gasteiger partial charge is 0.131 e. The van der Waals surface area contributed by atoms with Gasteiger partial charge < -0.3 is 9.59 Å². The second-order valence-corrected chi connectivity index (χ2v) is 5.57. The molecule has 2 aliphatic rings. The van der Waals surface area contributed by atoms with Gasteiger partial charge in [0.1, 0.15) is 18.7 Å². The number of nitrogens with zero attached hydrogens (tertiary/aromatic N) is 1. The number of rotatable bonds is 0. The molecular weight excluding hydrogens is 198 g/mol. The number of benzene rings is 1. The molecule has 2 heterocycles. The molecule has 3 rings (SSSR count). The highest BCUT2D eigenvalue weighted by atomic mass is 16.3. The molecule has 1 aromatic rings. The summed E-state index contributed by atoms with van der Waals surface area (Å²) in [5.41, 5.74) is 2.51. The van der Waals surface area contributed by atoms with Crippen LogP contribution >= 0.6 is 0 Å². The van der Waals surface area contributed by atoms with Crippen LogP contribution in [0.1, 0.15) is 36.5 Å². The summed E-state index contributed by atoms with van der Waals surface area (Å²) < 4.78 is 1.04. The van der Waals surface area contributed by atoms with Gasteiger partial charge in [-0.15, -0.1) is 0 Å². The van der Waals surface area contributed by atoms with Crippen LogP contribution in [-0.2, 0) is 6.54 Å². The van der Waals surface area contributed by atoms with Crippen molar-refractivity contribution in [3.8, 4) is 0 Å². The highest BCUT2D eigenvalue weighted by Crippen LogP contribution is 2.40. The quantitative estimate of drug-likeness (QED) is 0.662. The van der Waals surface area contributed by atoms with Gasteiger partial charge >= 0.3 is 0 Å². The van der Waals surface area contributed by atoms with E-state index in [4.69, 9.17) is 0 Å². The molecule has 2 aliphatic heterocycles. The first-order chi connectivity index (χ1) is 7.71. The minimum Gasteiger partial charge on any atom is -0.382 e. The van der Waals surface area contributed by atoms with Crippen molar-refractivity contribution in [2.45, 2.75) is 38.0 Å². The monoisotopic (exact) mass is 218 g/mol. The molecule has 1 fully saturated rings. The molecule has 1 saturated heterocycles. The molecule has 0 aliphatic carbocycles. The Kier molecular flexibility index (Phi) is 2.30. The topological polar surface area (TPSA) is 20.2 Å². The fourth-order valence-electron chi connectivity index (χ4n) is 3.56. The van der Waals surface area contributed by atoms with E-state index < -0.39 is 0 Å². The van der Waals surface area contributed by atoms with E-state index in [9.17, 15) is 5.11 Å². The van der Waals surface area contributed by atoms with Crippen molar-refractivity contribution in [2.75, 3.05) is 13.6 Å². The lowest BCUT2D eigenvalue weighted by Gasteiger charge is -2.50. The van der Waals surface area contributed by atoms with Crippen molar-refractivity contribution >= 4 is 0 Å². The van der Waals surface area contributed by atoms with Crippen LogP contribution in [-0.4, -0.2) is 29.2 Å². The molecule has 0 amide bonds. The first kappa shape index (κ1) is 10.3. The maximum absolute atomic E-state index is 10.5. The number of aliphatic hydroxyl groups is 1. The van der Waals surface area contributed by atoms with Gasteiger partial charge in [0.2, 0.25) is 0 Å². The first-order valence-corrected chi connectivity index (χ1v) is 6.31. The van der Waals surface area contributed by atoms with Gasteiger partial charge in [0, 0.05) is 12.0 Å². The summed E-state index contributed by atoms with van der Waals surface area (Å²) in [6.45, 7) is 2.31. The Morgan fingerprint density at radius 1 is 1.25 bits per heavy atom. The van der Waals surface area contributed by atoms with Crippen LogP contribution < -0.4 is 0 Å². The highest BCUT2D eigenvalue weighted by Gasteiger charge is 2.45.